The number of hydrogen-bond donors (Lipinski definition) is 1. The first-order chi connectivity index (χ1) is 12.5. The Hall–Kier alpha value is -3.23. The molecule has 27 heavy (non-hydrogen) atoms. The number of rotatable bonds is 5. The van der Waals surface area contributed by atoms with Gasteiger partial charge in [0.15, 0.2) is 11.6 Å². The number of nitro benzene ring substituents is 1. The van der Waals surface area contributed by atoms with Crippen LogP contribution in [0.3, 0.4) is 0 Å². The summed E-state index contributed by atoms with van der Waals surface area (Å²) in [6.45, 7) is 4.88. The summed E-state index contributed by atoms with van der Waals surface area (Å²) in [5.74, 6) is -1.92. The van der Waals surface area contributed by atoms with E-state index in [1.807, 2.05) is 0 Å². The van der Waals surface area contributed by atoms with Crippen molar-refractivity contribution in [2.45, 2.75) is 32.9 Å². The molecule has 0 aliphatic carbocycles. The van der Waals surface area contributed by atoms with Crippen LogP contribution in [-0.4, -0.2) is 16.6 Å². The molecule has 1 N–H and O–H groups in total. The van der Waals surface area contributed by atoms with Crippen LogP contribution < -0.4 is 10.1 Å². The summed E-state index contributed by atoms with van der Waals surface area (Å²) in [7, 11) is 0. The lowest BCUT2D eigenvalue weighted by molar-refractivity contribution is -0.385. The van der Waals surface area contributed by atoms with E-state index in [0.717, 1.165) is 12.1 Å². The topological polar surface area (TPSA) is 90.7 Å². The van der Waals surface area contributed by atoms with E-state index >= 15 is 0 Å². The third-order valence-corrected chi connectivity index (χ3v) is 3.20. The minimum absolute atomic E-state index is 0.0220. The van der Waals surface area contributed by atoms with Gasteiger partial charge in [0.25, 0.3) is 5.69 Å². The van der Waals surface area contributed by atoms with Gasteiger partial charge in [-0.3, -0.25) is 10.1 Å². The lowest BCUT2D eigenvalue weighted by Crippen LogP contribution is -2.32. The Labute approximate surface area is 154 Å². The molecular formula is C18H18F2N2O5. The van der Waals surface area contributed by atoms with E-state index < -0.39 is 28.3 Å². The zero-order valence-corrected chi connectivity index (χ0v) is 14.9. The zero-order chi connectivity index (χ0) is 20.2. The summed E-state index contributed by atoms with van der Waals surface area (Å²) in [5.41, 5.74) is -0.789. The van der Waals surface area contributed by atoms with Gasteiger partial charge in [-0.2, -0.15) is 0 Å². The van der Waals surface area contributed by atoms with Crippen LogP contribution in [0.15, 0.2) is 36.4 Å². The van der Waals surface area contributed by atoms with Crippen molar-refractivity contribution in [2.75, 3.05) is 0 Å². The molecule has 0 aromatic heterocycles. The van der Waals surface area contributed by atoms with E-state index in [4.69, 9.17) is 9.47 Å². The van der Waals surface area contributed by atoms with Crippen molar-refractivity contribution < 1.29 is 28.0 Å². The Morgan fingerprint density at radius 2 is 1.74 bits per heavy atom. The Balaban J connectivity index is 2.19. The van der Waals surface area contributed by atoms with Crippen molar-refractivity contribution in [3.63, 3.8) is 0 Å². The van der Waals surface area contributed by atoms with Crippen molar-refractivity contribution in [3.8, 4) is 11.5 Å². The largest absolute Gasteiger partial charge is 0.457 e. The highest BCUT2D eigenvalue weighted by atomic mass is 19.2. The number of nitrogens with one attached hydrogen (secondary N) is 1. The number of nitrogens with zero attached hydrogens (tertiary/aromatic N) is 1. The Morgan fingerprint density at radius 3 is 2.33 bits per heavy atom. The molecule has 0 aliphatic rings. The maximum Gasteiger partial charge on any atom is 0.407 e. The van der Waals surface area contributed by atoms with Crippen LogP contribution in [0.4, 0.5) is 19.3 Å². The second kappa shape index (κ2) is 7.98. The molecule has 7 nitrogen and oxygen atoms in total. The Bertz CT molecular complexity index is 865. The van der Waals surface area contributed by atoms with Crippen LogP contribution in [0.1, 0.15) is 26.3 Å². The van der Waals surface area contributed by atoms with Crippen molar-refractivity contribution in [3.05, 3.63) is 63.7 Å². The molecular weight excluding hydrogens is 362 g/mol. The summed E-state index contributed by atoms with van der Waals surface area (Å²) < 4.78 is 36.7. The second-order valence-corrected chi connectivity index (χ2v) is 6.58. The van der Waals surface area contributed by atoms with Crippen LogP contribution in [0.5, 0.6) is 11.5 Å². The van der Waals surface area contributed by atoms with Crippen LogP contribution in [-0.2, 0) is 11.3 Å². The number of alkyl carbamates (subject to hydrolysis) is 1. The highest BCUT2D eigenvalue weighted by Crippen LogP contribution is 2.28. The third kappa shape index (κ3) is 5.91. The van der Waals surface area contributed by atoms with E-state index in [9.17, 15) is 23.7 Å². The fourth-order valence-corrected chi connectivity index (χ4v) is 2.10. The predicted octanol–water partition coefficient (Wildman–Crippen LogP) is 4.69. The molecule has 0 saturated heterocycles. The highest BCUT2D eigenvalue weighted by Gasteiger charge is 2.19. The summed E-state index contributed by atoms with van der Waals surface area (Å²) in [6, 6.07) is 6.82. The molecule has 9 heteroatoms. The Morgan fingerprint density at radius 1 is 1.11 bits per heavy atom. The van der Waals surface area contributed by atoms with Gasteiger partial charge in [-0.15, -0.1) is 0 Å². The maximum atomic E-state index is 13.3. The van der Waals surface area contributed by atoms with Crippen molar-refractivity contribution >= 4 is 11.8 Å². The van der Waals surface area contributed by atoms with Gasteiger partial charge in [-0.25, -0.2) is 13.6 Å². The van der Waals surface area contributed by atoms with Gasteiger partial charge in [0.05, 0.1) is 17.0 Å². The molecule has 0 heterocycles. The molecule has 0 fully saturated rings. The van der Waals surface area contributed by atoms with Crippen LogP contribution >= 0.6 is 0 Å². The van der Waals surface area contributed by atoms with E-state index in [1.165, 1.54) is 24.3 Å². The van der Waals surface area contributed by atoms with Crippen molar-refractivity contribution in [2.24, 2.45) is 0 Å². The van der Waals surface area contributed by atoms with E-state index in [2.05, 4.69) is 5.32 Å². The number of nitro groups is 1. The molecule has 0 bridgehead atoms. The van der Waals surface area contributed by atoms with Crippen LogP contribution in [0.2, 0.25) is 0 Å². The summed E-state index contributed by atoms with van der Waals surface area (Å²) in [5, 5.41) is 13.6. The molecule has 1 amide bonds. The molecule has 144 valence electrons. The van der Waals surface area contributed by atoms with Gasteiger partial charge >= 0.3 is 6.09 Å². The van der Waals surface area contributed by atoms with Gasteiger partial charge in [-0.1, -0.05) is 0 Å². The molecule has 0 unspecified atom stereocenters. The van der Waals surface area contributed by atoms with Gasteiger partial charge in [0, 0.05) is 12.1 Å². The van der Waals surface area contributed by atoms with Gasteiger partial charge < -0.3 is 14.8 Å². The average Bonchev–Trinajstić information content (AvgIpc) is 2.55. The fraction of sp³-hybridized carbons (Fsp3) is 0.278. The first-order valence-corrected chi connectivity index (χ1v) is 7.92. The summed E-state index contributed by atoms with van der Waals surface area (Å²) in [6.07, 6.45) is -0.733. The smallest absolute Gasteiger partial charge is 0.407 e. The summed E-state index contributed by atoms with van der Waals surface area (Å²) >= 11 is 0. The summed E-state index contributed by atoms with van der Waals surface area (Å²) in [4.78, 5) is 22.3. The number of amides is 1. The zero-order valence-electron chi connectivity index (χ0n) is 14.9. The molecule has 0 atom stereocenters. The molecule has 0 saturated carbocycles. The third-order valence-electron chi connectivity index (χ3n) is 3.20. The first kappa shape index (κ1) is 20.1. The standard InChI is InChI=1S/C18H18F2N2O5/c1-18(2,3)27-17(23)21-10-11-8-12(5-7-16(11)22(24)25)26-13-4-6-14(19)15(20)9-13/h4-9H,10H2,1-3H3,(H,21,23). The molecule has 2 rings (SSSR count). The Kier molecular flexibility index (Phi) is 5.94. The fourth-order valence-electron chi connectivity index (χ4n) is 2.10. The molecule has 0 radical (unpaired) electrons. The molecule has 2 aromatic carbocycles. The maximum absolute atomic E-state index is 13.3. The van der Waals surface area contributed by atoms with Crippen LogP contribution in [0.25, 0.3) is 0 Å². The molecule has 0 spiro atoms. The average molecular weight is 380 g/mol. The number of benzene rings is 2. The second-order valence-electron chi connectivity index (χ2n) is 6.58. The van der Waals surface area contributed by atoms with Gasteiger partial charge in [0.1, 0.15) is 17.1 Å². The monoisotopic (exact) mass is 380 g/mol. The van der Waals surface area contributed by atoms with Crippen molar-refractivity contribution in [1.82, 2.24) is 5.32 Å². The lowest BCUT2D eigenvalue weighted by Gasteiger charge is -2.19. The molecule has 2 aromatic rings. The lowest BCUT2D eigenvalue weighted by atomic mass is 10.1. The highest BCUT2D eigenvalue weighted by molar-refractivity contribution is 5.68. The van der Waals surface area contributed by atoms with Gasteiger partial charge in [-0.05, 0) is 45.0 Å². The van der Waals surface area contributed by atoms with Crippen molar-refractivity contribution in [1.29, 1.82) is 0 Å². The van der Waals surface area contributed by atoms with E-state index in [-0.39, 0.29) is 29.3 Å². The number of carbonyl (C=O) groups is 1. The van der Waals surface area contributed by atoms with E-state index in [0.29, 0.717) is 0 Å². The van der Waals surface area contributed by atoms with E-state index in [1.54, 1.807) is 20.8 Å². The quantitative estimate of drug-likeness (QED) is 0.600. The number of ether oxygens (including phenoxy) is 2. The van der Waals surface area contributed by atoms with Gasteiger partial charge in [0.2, 0.25) is 0 Å². The number of hydrogen-bond acceptors (Lipinski definition) is 5. The normalized spacial score (nSPS) is 11.0. The minimum atomic E-state index is -1.08. The SMILES string of the molecule is CC(C)(C)OC(=O)NCc1cc(Oc2ccc(F)c(F)c2)ccc1[N+](=O)[O-]. The number of carbonyl (C=O) groups excluding carboxylic acids is 1. The minimum Gasteiger partial charge on any atom is -0.457 e. The number of halogens is 2. The van der Waals surface area contributed by atoms with Crippen LogP contribution in [0, 0.1) is 21.7 Å². The first-order valence-electron chi connectivity index (χ1n) is 7.92. The predicted molar refractivity (Wildman–Crippen MR) is 92.6 cm³/mol. The molecule has 0 aliphatic heterocycles.